The van der Waals surface area contributed by atoms with Gasteiger partial charge in [0.15, 0.2) is 6.71 Å². The van der Waals surface area contributed by atoms with Crippen LogP contribution < -0.4 is 0 Å². The summed E-state index contributed by atoms with van der Waals surface area (Å²) in [6.07, 6.45) is 0.168. The van der Waals surface area contributed by atoms with E-state index in [4.69, 9.17) is 11.5 Å². The van der Waals surface area contributed by atoms with Crippen LogP contribution in [0.5, 0.6) is 0 Å². The average Bonchev–Trinajstić information content (AvgIpc) is 2.71. The van der Waals surface area contributed by atoms with E-state index in [2.05, 4.69) is 62.3 Å². The van der Waals surface area contributed by atoms with Crippen molar-refractivity contribution in [2.45, 2.75) is 72.9 Å². The van der Waals surface area contributed by atoms with Crippen molar-refractivity contribution in [3.8, 4) is 0 Å². The molecule has 0 fully saturated rings. The molecular weight excluding hydrogens is 225 g/mol. The predicted molar refractivity (Wildman–Crippen MR) is 83.3 cm³/mol. The van der Waals surface area contributed by atoms with Crippen LogP contribution in [0.15, 0.2) is 10.8 Å². The molecule has 1 heterocycles. The molecule has 0 nitrogen and oxygen atoms in total. The molecule has 0 unspecified atom stereocenters. The van der Waals surface area contributed by atoms with Gasteiger partial charge in [-0.3, -0.25) is 0 Å². The van der Waals surface area contributed by atoms with Gasteiger partial charge in [-0.25, -0.2) is 0 Å². The second kappa shape index (κ2) is 4.08. The second-order valence-corrected chi connectivity index (χ2v) is 9.08. The summed E-state index contributed by atoms with van der Waals surface area (Å²) in [5.74, 6) is 0. The van der Waals surface area contributed by atoms with E-state index in [1.807, 2.05) is 0 Å². The quantitative estimate of drug-likeness (QED) is 0.557. The molecule has 0 aromatic carbocycles. The number of allylic oxidation sites excluding steroid dienone is 1. The van der Waals surface area contributed by atoms with Crippen LogP contribution in [0.3, 0.4) is 0 Å². The van der Waals surface area contributed by atoms with Gasteiger partial charge in [0.1, 0.15) is 0 Å². The second-order valence-electron chi connectivity index (χ2n) is 8.65. The van der Waals surface area contributed by atoms with Crippen LogP contribution in [0.25, 0.3) is 0 Å². The monoisotopic (exact) mass is 252 g/mol. The summed E-state index contributed by atoms with van der Waals surface area (Å²) < 4.78 is 0. The first-order valence-corrected chi connectivity index (χ1v) is 7.10. The van der Waals surface area contributed by atoms with Gasteiger partial charge in [0.25, 0.3) is 6.13 Å². The van der Waals surface area contributed by atoms with Crippen molar-refractivity contribution in [3.63, 3.8) is 0 Å². The van der Waals surface area contributed by atoms with E-state index in [0.29, 0.717) is 12.0 Å². The number of rotatable bonds is 1. The molecule has 0 bridgehead atoms. The first-order chi connectivity index (χ1) is 7.28. The molecule has 1 aliphatic heterocycles. The average molecular weight is 252 g/mol. The molecule has 0 radical (unpaired) electrons. The molecular formula is C14H27B2Cl. The zero-order chi connectivity index (χ0) is 13.8. The van der Waals surface area contributed by atoms with E-state index >= 15 is 0 Å². The lowest BCUT2D eigenvalue weighted by Crippen LogP contribution is -2.26. The first kappa shape index (κ1) is 15.2. The SMILES string of the molecule is CC(C)(C)B(Cl)C1=C(C(C)(C)C)B1C(C)(C)C. The molecule has 96 valence electrons. The maximum Gasteiger partial charge on any atom is 0.275 e. The maximum atomic E-state index is 6.70. The Labute approximate surface area is 114 Å². The van der Waals surface area contributed by atoms with Gasteiger partial charge in [-0.15, -0.1) is 10.8 Å². The van der Waals surface area contributed by atoms with Crippen LogP contribution in [0, 0.1) is 5.41 Å². The van der Waals surface area contributed by atoms with Crippen molar-refractivity contribution in [2.75, 3.05) is 0 Å². The van der Waals surface area contributed by atoms with E-state index in [0.717, 1.165) is 0 Å². The third kappa shape index (κ3) is 3.13. The van der Waals surface area contributed by atoms with E-state index < -0.39 is 0 Å². The molecule has 0 aliphatic carbocycles. The summed E-state index contributed by atoms with van der Waals surface area (Å²) in [7, 11) is 0. The van der Waals surface area contributed by atoms with E-state index in [-0.39, 0.29) is 16.9 Å². The van der Waals surface area contributed by atoms with Crippen molar-refractivity contribution in [3.05, 3.63) is 10.8 Å². The van der Waals surface area contributed by atoms with Crippen molar-refractivity contribution in [1.82, 2.24) is 0 Å². The minimum atomic E-state index is 0.146. The van der Waals surface area contributed by atoms with Crippen LogP contribution in [-0.4, -0.2) is 12.8 Å². The Balaban J connectivity index is 3.07. The normalized spacial score (nSPS) is 17.6. The van der Waals surface area contributed by atoms with Crippen LogP contribution in [-0.2, 0) is 0 Å². The highest BCUT2D eigenvalue weighted by molar-refractivity contribution is 7.23. The topological polar surface area (TPSA) is 0 Å². The molecule has 0 aromatic heterocycles. The maximum absolute atomic E-state index is 6.70. The Morgan fingerprint density at radius 2 is 1.29 bits per heavy atom. The lowest BCUT2D eigenvalue weighted by Gasteiger charge is -2.24. The van der Waals surface area contributed by atoms with Gasteiger partial charge < -0.3 is 0 Å². The molecule has 0 N–H and O–H groups in total. The van der Waals surface area contributed by atoms with Crippen LogP contribution in [0.4, 0.5) is 0 Å². The molecule has 0 spiro atoms. The summed E-state index contributed by atoms with van der Waals surface area (Å²) >= 11 is 6.70. The molecule has 17 heavy (non-hydrogen) atoms. The van der Waals surface area contributed by atoms with E-state index in [1.54, 1.807) is 5.47 Å². The molecule has 0 amide bonds. The van der Waals surface area contributed by atoms with Gasteiger partial charge in [0, 0.05) is 0 Å². The fourth-order valence-electron chi connectivity index (χ4n) is 2.75. The van der Waals surface area contributed by atoms with Gasteiger partial charge in [-0.05, 0) is 10.7 Å². The van der Waals surface area contributed by atoms with Gasteiger partial charge in [0.2, 0.25) is 0 Å². The van der Waals surface area contributed by atoms with Crippen molar-refractivity contribution in [1.29, 1.82) is 0 Å². The number of hydrogen-bond acceptors (Lipinski definition) is 0. The zero-order valence-corrected chi connectivity index (χ0v) is 13.8. The summed E-state index contributed by atoms with van der Waals surface area (Å²) in [5, 5.41) is 1.96. The zero-order valence-electron chi connectivity index (χ0n) is 13.0. The van der Waals surface area contributed by atoms with E-state index in [1.165, 1.54) is 5.37 Å². The smallest absolute Gasteiger partial charge is 0.190 e. The van der Waals surface area contributed by atoms with Gasteiger partial charge in [0.05, 0.1) is 0 Å². The highest BCUT2D eigenvalue weighted by atomic mass is 35.5. The Kier molecular flexibility index (Phi) is 3.65. The fourth-order valence-corrected chi connectivity index (χ4v) is 3.00. The van der Waals surface area contributed by atoms with Gasteiger partial charge >= 0.3 is 0 Å². The molecule has 0 saturated carbocycles. The van der Waals surface area contributed by atoms with Gasteiger partial charge in [-0.1, -0.05) is 67.6 Å². The van der Waals surface area contributed by atoms with Gasteiger partial charge in [-0.2, -0.15) is 11.5 Å². The third-order valence-electron chi connectivity index (χ3n) is 3.53. The third-order valence-corrected chi connectivity index (χ3v) is 4.42. The van der Waals surface area contributed by atoms with Crippen LogP contribution in [0.1, 0.15) is 62.3 Å². The number of halogens is 1. The Morgan fingerprint density at radius 3 is 1.47 bits per heavy atom. The summed E-state index contributed by atoms with van der Waals surface area (Å²) in [5.41, 5.74) is 1.85. The van der Waals surface area contributed by atoms with Crippen LogP contribution >= 0.6 is 11.5 Å². The predicted octanol–water partition coefficient (Wildman–Crippen LogP) is 5.29. The minimum absolute atomic E-state index is 0.146. The standard InChI is InChI=1S/C14H27B2Cl/c1-12(2,3)10-11(15(10)13(4,5)6)16(17)14(7,8)9/h1-9H3. The largest absolute Gasteiger partial charge is 0.275 e. The van der Waals surface area contributed by atoms with Crippen molar-refractivity contribution >= 4 is 24.3 Å². The summed E-state index contributed by atoms with van der Waals surface area (Å²) in [4.78, 5) is 0. The molecule has 0 saturated heterocycles. The molecule has 1 aliphatic rings. The Morgan fingerprint density at radius 1 is 0.882 bits per heavy atom. The fraction of sp³-hybridized carbons (Fsp3) is 0.857. The Bertz CT molecular complexity index is 337. The molecule has 0 aromatic rings. The van der Waals surface area contributed by atoms with Crippen LogP contribution in [0.2, 0.25) is 10.6 Å². The van der Waals surface area contributed by atoms with Crippen molar-refractivity contribution in [2.24, 2.45) is 5.41 Å². The summed E-state index contributed by atoms with van der Waals surface area (Å²) in [6, 6.07) is 0. The highest BCUT2D eigenvalue weighted by Gasteiger charge is 2.56. The lowest BCUT2D eigenvalue weighted by molar-refractivity contribution is 0.533. The summed E-state index contributed by atoms with van der Waals surface area (Å²) in [6.45, 7) is 21.2. The highest BCUT2D eigenvalue weighted by Crippen LogP contribution is 2.57. The number of hydrogen-bond donors (Lipinski definition) is 0. The van der Waals surface area contributed by atoms with Crippen molar-refractivity contribution < 1.29 is 0 Å². The molecule has 0 atom stereocenters. The lowest BCUT2D eigenvalue weighted by atomic mass is 9.33. The minimum Gasteiger partial charge on any atom is -0.190 e. The molecule has 1 rings (SSSR count). The Hall–Kier alpha value is 0.160. The molecule has 3 heteroatoms. The first-order valence-electron chi connectivity index (χ1n) is 6.66. The van der Waals surface area contributed by atoms with E-state index in [9.17, 15) is 0 Å².